The number of allylic oxidation sites excluding steroid dienone is 2. The molecule has 91 heavy (non-hydrogen) atoms. The van der Waals surface area contributed by atoms with Gasteiger partial charge in [0.15, 0.2) is 37.7 Å². The Morgan fingerprint density at radius 2 is 0.725 bits per heavy atom. The molecule has 0 aromatic rings. The number of carbonyl (C=O) groups is 1. The van der Waals surface area contributed by atoms with Gasteiger partial charge in [0.2, 0.25) is 0 Å². The first kappa shape index (κ1) is 72.9. The molecule has 21 N–H and O–H groups in total. The van der Waals surface area contributed by atoms with Crippen molar-refractivity contribution in [2.75, 3.05) is 39.6 Å². The molecular weight excluding hydrogens is 1230 g/mol. The maximum absolute atomic E-state index is 11.2. The smallest absolute Gasteiger partial charge is 0.303 e. The number of carboxylic acids is 1. The van der Waals surface area contributed by atoms with Gasteiger partial charge in [0.25, 0.3) is 0 Å². The standard InChI is InChI=1S/C36H60O30.C21H32O4/c37-1-7-25-13(43)19(49)31(55-7)62-26-8(2-38)57-33(21(51)15(26)45)64-28-10(4-40)59-35(23(53)17(28)47)66-30-12(6-42)60-36(24(54)18(30)48)65-29-11(5-41)58-34(22(52)16(29)46)63-27-9(3-39)56-32(61-25)20(50)14(27)44;22-19(15-6-2-3-7-15)10-9-17-18-12-14(5-1-4-8-21(24)25)11-16(18)13-20(17)23/h7-54H,1-6H2;5,9-10,15-20,22-23H,1-4,6-8,11-13H2,(H,24,25)/b;10-9+,14-5+/t7-,8-,9-,10-,11-,12-,13-,14-,15-,16-,17-,18-,19-,20-,21-,22-,23-,24-,25-,26-,27-,28-,29-,30-,31-,32-,33-,34-,35-,36-;16-,17+,18-,19+,20+/m10/s1. The first-order chi connectivity index (χ1) is 43.5. The first-order valence-electron chi connectivity index (χ1n) is 31.1. The van der Waals surface area contributed by atoms with Crippen molar-refractivity contribution in [1.29, 1.82) is 0 Å². The van der Waals surface area contributed by atoms with Crippen molar-refractivity contribution < 1.29 is 169 Å². The van der Waals surface area contributed by atoms with Gasteiger partial charge >= 0.3 is 5.97 Å². The average molecular weight is 1320 g/mol. The van der Waals surface area contributed by atoms with Gasteiger partial charge in [-0.15, -0.1) is 0 Å². The van der Waals surface area contributed by atoms with Crippen molar-refractivity contribution in [2.45, 2.75) is 261 Å². The zero-order chi connectivity index (χ0) is 65.9. The predicted octanol–water partition coefficient (Wildman–Crippen LogP) is -9.37. The van der Waals surface area contributed by atoms with E-state index in [0.29, 0.717) is 24.2 Å². The number of carboxylic acid groups (broad SMARTS) is 1. The van der Waals surface area contributed by atoms with Crippen molar-refractivity contribution in [2.24, 2.45) is 23.7 Å². The van der Waals surface area contributed by atoms with E-state index in [1.165, 1.54) is 18.4 Å². The summed E-state index contributed by atoms with van der Waals surface area (Å²) >= 11 is 0. The van der Waals surface area contributed by atoms with E-state index < -0.39 is 230 Å². The summed E-state index contributed by atoms with van der Waals surface area (Å²) in [5.74, 6) is 0.854. The molecule has 22 aliphatic heterocycles. The molecule has 0 aromatic heterocycles. The number of aliphatic hydroxyl groups is 20. The number of fused-ring (bicyclic) bond motifs is 1. The summed E-state index contributed by atoms with van der Waals surface area (Å²) < 4.78 is 67.9. The number of hydrogen-bond donors (Lipinski definition) is 21. The molecule has 35 atom stereocenters. The van der Waals surface area contributed by atoms with E-state index in [2.05, 4.69) is 12.2 Å². The molecule has 3 aliphatic carbocycles. The van der Waals surface area contributed by atoms with Crippen LogP contribution in [0.25, 0.3) is 0 Å². The Morgan fingerprint density at radius 1 is 0.429 bits per heavy atom. The van der Waals surface area contributed by atoms with Crippen LogP contribution in [0.3, 0.4) is 0 Å². The molecule has 12 bridgehead atoms. The largest absolute Gasteiger partial charge is 0.481 e. The van der Waals surface area contributed by atoms with Crippen molar-refractivity contribution in [3.63, 3.8) is 0 Å². The molecule has 34 nitrogen and oxygen atoms in total. The SMILES string of the molecule is O=C(O)CCC/C=C1\C[C@H]2C[C@@H](O)[C@H](/C=C/[C@@H](O)C3CCCC3)[C@H]2C1.OC[C@H]1O[C@@H]2O[C@H]3[C@H](O)[C@@H](O)[C@@H](O[C@H]4[C@H](O)[C@@H](O)[C@@H](O[C@H]5[C@H](O)[C@@H](O)[C@@H](O[C@H]6[C@H](O)[C@@H](O)[C@@H](O[C@H]7[C@H](O)[C@@H](O)[C@@H](O[C@H]1[C@H](O)[C@H]2O)O[C@@H]7CO)O[C@@H]6CO)O[C@@H]5CO)O[C@@H]4CO)O[C@@H]3CO. The van der Waals surface area contributed by atoms with E-state index in [9.17, 15) is 107 Å². The van der Waals surface area contributed by atoms with Crippen LogP contribution in [-0.2, 0) is 61.6 Å². The Morgan fingerprint density at radius 3 is 1.00 bits per heavy atom. The van der Waals surface area contributed by atoms with Crippen molar-refractivity contribution in [3.8, 4) is 0 Å². The quantitative estimate of drug-likeness (QED) is 0.0601. The summed E-state index contributed by atoms with van der Waals surface area (Å²) in [5, 5.41) is 225. The fourth-order valence-corrected chi connectivity index (χ4v) is 14.1. The highest BCUT2D eigenvalue weighted by atomic mass is 16.8. The Labute approximate surface area is 521 Å². The van der Waals surface area contributed by atoms with Gasteiger partial charge in [0, 0.05) is 12.3 Å². The molecule has 524 valence electrons. The van der Waals surface area contributed by atoms with Gasteiger partial charge in [-0.1, -0.05) is 36.6 Å². The van der Waals surface area contributed by atoms with E-state index in [0.717, 1.165) is 38.5 Å². The lowest BCUT2D eigenvalue weighted by Crippen LogP contribution is -2.69. The average Bonchev–Trinajstić information content (AvgIpc) is 1.83. The minimum Gasteiger partial charge on any atom is -0.481 e. The molecule has 0 unspecified atom stereocenters. The van der Waals surface area contributed by atoms with E-state index in [1.807, 2.05) is 6.08 Å². The second-order valence-electron chi connectivity index (χ2n) is 25.1. The van der Waals surface area contributed by atoms with E-state index in [4.69, 9.17) is 61.9 Å². The van der Waals surface area contributed by atoms with Gasteiger partial charge in [0.05, 0.1) is 51.8 Å². The molecule has 34 heteroatoms. The van der Waals surface area contributed by atoms with Crippen LogP contribution in [0.4, 0.5) is 0 Å². The van der Waals surface area contributed by atoms with Crippen LogP contribution in [0.5, 0.6) is 0 Å². The Hall–Kier alpha value is -2.33. The van der Waals surface area contributed by atoms with Gasteiger partial charge in [-0.25, -0.2) is 0 Å². The van der Waals surface area contributed by atoms with Crippen LogP contribution >= 0.6 is 0 Å². The highest BCUT2D eigenvalue weighted by Crippen LogP contribution is 2.51. The topological polar surface area (TPSA) is 553 Å². The van der Waals surface area contributed by atoms with Gasteiger partial charge in [-0.05, 0) is 62.7 Å². The monoisotopic (exact) mass is 1320 g/mol. The lowest BCUT2D eigenvalue weighted by Gasteiger charge is -2.50. The molecule has 0 aromatic carbocycles. The van der Waals surface area contributed by atoms with Crippen molar-refractivity contribution in [3.05, 3.63) is 23.8 Å². The summed E-state index contributed by atoms with van der Waals surface area (Å²) in [6.45, 7) is -5.99. The van der Waals surface area contributed by atoms with E-state index in [1.54, 1.807) is 0 Å². The number of aliphatic carboxylic acids is 1. The highest BCUT2D eigenvalue weighted by molar-refractivity contribution is 5.66. The Balaban J connectivity index is 0.000000326. The summed E-state index contributed by atoms with van der Waals surface area (Å²) in [7, 11) is 0. The molecule has 25 fully saturated rings. The van der Waals surface area contributed by atoms with Crippen LogP contribution in [0.2, 0.25) is 0 Å². The predicted molar refractivity (Wildman–Crippen MR) is 293 cm³/mol. The molecular formula is C57H92O34. The zero-order valence-electron chi connectivity index (χ0n) is 49.5. The molecule has 22 heterocycles. The number of unbranched alkanes of at least 4 members (excludes halogenated alkanes) is 1. The van der Waals surface area contributed by atoms with Crippen LogP contribution in [0.1, 0.15) is 64.2 Å². The zero-order valence-corrected chi connectivity index (χ0v) is 49.5. The van der Waals surface area contributed by atoms with Gasteiger partial charge in [-0.3, -0.25) is 4.79 Å². The number of hydrogen-bond acceptors (Lipinski definition) is 33. The summed E-state index contributed by atoms with van der Waals surface area (Å²) in [5.41, 5.74) is 1.43. The lowest BCUT2D eigenvalue weighted by atomic mass is 9.89. The van der Waals surface area contributed by atoms with Gasteiger partial charge in [0.1, 0.15) is 146 Å². The maximum atomic E-state index is 11.2. The third kappa shape index (κ3) is 16.0. The van der Waals surface area contributed by atoms with Crippen molar-refractivity contribution >= 4 is 5.97 Å². The van der Waals surface area contributed by atoms with Crippen LogP contribution < -0.4 is 0 Å². The third-order valence-corrected chi connectivity index (χ3v) is 19.2. The van der Waals surface area contributed by atoms with Crippen LogP contribution in [-0.4, -0.2) is 349 Å². The van der Waals surface area contributed by atoms with E-state index in [-0.39, 0.29) is 24.5 Å². The molecule has 0 amide bonds. The normalized spacial score (nSPS) is 50.0. The Kier molecular flexibility index (Phi) is 25.9. The number of ether oxygens (including phenoxy) is 12. The Bertz CT molecular complexity index is 2030. The second-order valence-corrected chi connectivity index (χ2v) is 25.1. The lowest BCUT2D eigenvalue weighted by molar-refractivity contribution is -0.404. The fraction of sp³-hybridized carbons (Fsp3) is 0.912. The minimum absolute atomic E-state index is 0.158. The third-order valence-electron chi connectivity index (χ3n) is 19.2. The molecule has 22 saturated heterocycles. The van der Waals surface area contributed by atoms with Gasteiger partial charge in [-0.2, -0.15) is 0 Å². The van der Waals surface area contributed by atoms with E-state index >= 15 is 0 Å². The number of rotatable bonds is 13. The fourth-order valence-electron chi connectivity index (χ4n) is 14.1. The molecule has 25 rings (SSSR count). The summed E-state index contributed by atoms with van der Waals surface area (Å²) in [6.07, 6.45) is -43.5. The molecule has 25 aliphatic rings. The summed E-state index contributed by atoms with van der Waals surface area (Å²) in [6, 6.07) is 0. The highest BCUT2D eigenvalue weighted by Gasteiger charge is 2.59. The van der Waals surface area contributed by atoms with Crippen LogP contribution in [0.15, 0.2) is 23.8 Å². The van der Waals surface area contributed by atoms with Crippen molar-refractivity contribution in [1.82, 2.24) is 0 Å². The summed E-state index contributed by atoms with van der Waals surface area (Å²) in [4.78, 5) is 10.6. The molecule has 3 saturated carbocycles. The second kappa shape index (κ2) is 32.4. The minimum atomic E-state index is -2.15. The maximum Gasteiger partial charge on any atom is 0.303 e. The number of aliphatic hydroxyl groups excluding tert-OH is 20. The molecule has 0 radical (unpaired) electrons. The first-order valence-corrected chi connectivity index (χ1v) is 31.1. The van der Waals surface area contributed by atoms with Gasteiger partial charge < -0.3 is 164 Å². The molecule has 0 spiro atoms. The van der Waals surface area contributed by atoms with Crippen LogP contribution in [0, 0.1) is 23.7 Å².